The third kappa shape index (κ3) is 1.75. The van der Waals surface area contributed by atoms with Crippen molar-refractivity contribution in [2.75, 3.05) is 0 Å². The Bertz CT molecular complexity index is 510. The predicted octanol–water partition coefficient (Wildman–Crippen LogP) is 4.18. The average molecular weight is 287 g/mol. The number of aliphatic hydroxyl groups is 1. The van der Waals surface area contributed by atoms with Crippen molar-refractivity contribution in [3.63, 3.8) is 0 Å². The zero-order chi connectivity index (χ0) is 14.8. The fourth-order valence-electron chi connectivity index (χ4n) is 6.50. The van der Waals surface area contributed by atoms with E-state index in [1.165, 1.54) is 38.5 Å². The molecule has 4 rings (SSSR count). The van der Waals surface area contributed by atoms with Crippen molar-refractivity contribution in [1.29, 1.82) is 0 Å². The Labute approximate surface area is 128 Å². The van der Waals surface area contributed by atoms with E-state index in [9.17, 15) is 5.11 Å². The van der Waals surface area contributed by atoms with Crippen molar-refractivity contribution in [3.05, 3.63) is 24.0 Å². The molecule has 3 N–H and O–H groups in total. The number of rotatable bonds is 0. The van der Waals surface area contributed by atoms with Gasteiger partial charge < -0.3 is 10.8 Å². The van der Waals surface area contributed by atoms with Gasteiger partial charge in [0, 0.05) is 6.04 Å². The quantitative estimate of drug-likeness (QED) is 0.702. The van der Waals surface area contributed by atoms with Gasteiger partial charge >= 0.3 is 0 Å². The maximum Gasteiger partial charge on any atom is 0.111 e. The van der Waals surface area contributed by atoms with Gasteiger partial charge in [0.15, 0.2) is 0 Å². The summed E-state index contributed by atoms with van der Waals surface area (Å²) in [6.07, 6.45) is 14.1. The molecule has 3 fully saturated rings. The van der Waals surface area contributed by atoms with Crippen LogP contribution in [0.2, 0.25) is 0 Å². The molecule has 2 heteroatoms. The predicted molar refractivity (Wildman–Crippen MR) is 85.7 cm³/mol. The van der Waals surface area contributed by atoms with E-state index in [1.807, 2.05) is 6.08 Å². The summed E-state index contributed by atoms with van der Waals surface area (Å²) in [4.78, 5) is 0. The van der Waals surface area contributed by atoms with Crippen LogP contribution in [0.5, 0.6) is 0 Å². The van der Waals surface area contributed by atoms with E-state index in [0.29, 0.717) is 23.1 Å². The fraction of sp³-hybridized carbons (Fsp3) is 0.789. The molecule has 2 nitrogen and oxygen atoms in total. The Morgan fingerprint density at radius 3 is 2.71 bits per heavy atom. The minimum absolute atomic E-state index is 0.253. The highest BCUT2D eigenvalue weighted by molar-refractivity contribution is 5.27. The largest absolute Gasteiger partial charge is 0.508 e. The lowest BCUT2D eigenvalue weighted by Gasteiger charge is -2.58. The van der Waals surface area contributed by atoms with Crippen molar-refractivity contribution in [3.8, 4) is 0 Å². The molecule has 0 heterocycles. The monoisotopic (exact) mass is 287 g/mol. The van der Waals surface area contributed by atoms with Gasteiger partial charge in [-0.2, -0.15) is 0 Å². The first-order chi connectivity index (χ1) is 9.95. The molecular weight excluding hydrogens is 258 g/mol. The van der Waals surface area contributed by atoms with Crippen molar-refractivity contribution in [1.82, 2.24) is 0 Å². The van der Waals surface area contributed by atoms with Crippen LogP contribution in [-0.4, -0.2) is 11.1 Å². The van der Waals surface area contributed by atoms with Crippen LogP contribution >= 0.6 is 0 Å². The van der Waals surface area contributed by atoms with Gasteiger partial charge in [0.2, 0.25) is 0 Å². The zero-order valence-electron chi connectivity index (χ0n) is 13.4. The zero-order valence-corrected chi connectivity index (χ0v) is 13.4. The SMILES string of the molecule is C[C@]12CC[C@H]3[C@@H](CCC4C=C(O)C=C[C@@]43C)[C@@H]1CC[C@@H]2N. The molecule has 0 aliphatic heterocycles. The summed E-state index contributed by atoms with van der Waals surface area (Å²) in [5, 5.41) is 9.84. The average Bonchev–Trinajstić information content (AvgIpc) is 2.76. The highest BCUT2D eigenvalue weighted by Crippen LogP contribution is 2.64. The first-order valence-electron chi connectivity index (χ1n) is 8.81. The molecule has 0 aromatic heterocycles. The van der Waals surface area contributed by atoms with Crippen LogP contribution in [0.15, 0.2) is 24.0 Å². The standard InChI is InChI=1S/C19H29NO/c1-18-9-7-13(21)11-12(18)3-4-14-15-5-6-17(20)19(15,2)10-8-16(14)18/h7,9,11-12,14-17,21H,3-6,8,10,20H2,1-2H3/t12?,14-,15-,16-,17-,18-,19-/m0/s1. The van der Waals surface area contributed by atoms with E-state index in [4.69, 9.17) is 5.73 Å². The van der Waals surface area contributed by atoms with E-state index in [1.54, 1.807) is 0 Å². The molecular formula is C19H29NO. The second-order valence-corrected chi connectivity index (χ2v) is 8.58. The first-order valence-corrected chi connectivity index (χ1v) is 8.81. The fourth-order valence-corrected chi connectivity index (χ4v) is 6.50. The molecule has 0 aromatic carbocycles. The molecule has 4 aliphatic rings. The third-order valence-electron chi connectivity index (χ3n) is 7.90. The van der Waals surface area contributed by atoms with Crippen molar-refractivity contribution < 1.29 is 5.11 Å². The Balaban J connectivity index is 1.68. The van der Waals surface area contributed by atoms with Crippen LogP contribution in [0.25, 0.3) is 0 Å². The maximum absolute atomic E-state index is 9.84. The molecule has 3 saturated carbocycles. The van der Waals surface area contributed by atoms with Crippen molar-refractivity contribution in [2.24, 2.45) is 40.2 Å². The van der Waals surface area contributed by atoms with Crippen LogP contribution < -0.4 is 5.73 Å². The Morgan fingerprint density at radius 1 is 1.10 bits per heavy atom. The minimum Gasteiger partial charge on any atom is -0.508 e. The summed E-state index contributed by atoms with van der Waals surface area (Å²) in [5.74, 6) is 3.46. The Morgan fingerprint density at radius 2 is 1.90 bits per heavy atom. The number of aliphatic hydroxyl groups excluding tert-OH is 1. The molecule has 116 valence electrons. The number of fused-ring (bicyclic) bond motifs is 5. The number of allylic oxidation sites excluding steroid dienone is 3. The summed E-state index contributed by atoms with van der Waals surface area (Å²) in [5.41, 5.74) is 7.11. The summed E-state index contributed by atoms with van der Waals surface area (Å²) in [7, 11) is 0. The molecule has 0 bridgehead atoms. The first kappa shape index (κ1) is 13.9. The van der Waals surface area contributed by atoms with Gasteiger partial charge in [-0.1, -0.05) is 19.9 Å². The number of nitrogens with two attached hydrogens (primary N) is 1. The highest BCUT2D eigenvalue weighted by Gasteiger charge is 2.58. The normalized spacial score (nSPS) is 55.4. The van der Waals surface area contributed by atoms with Gasteiger partial charge in [0.25, 0.3) is 0 Å². The molecule has 21 heavy (non-hydrogen) atoms. The van der Waals surface area contributed by atoms with Crippen molar-refractivity contribution in [2.45, 2.75) is 58.4 Å². The second kappa shape index (κ2) is 4.38. The molecule has 7 atom stereocenters. The van der Waals surface area contributed by atoms with Crippen LogP contribution in [0.4, 0.5) is 0 Å². The van der Waals surface area contributed by atoms with Crippen LogP contribution in [0.3, 0.4) is 0 Å². The Hall–Kier alpha value is -0.760. The van der Waals surface area contributed by atoms with E-state index >= 15 is 0 Å². The topological polar surface area (TPSA) is 46.2 Å². The second-order valence-electron chi connectivity index (χ2n) is 8.58. The summed E-state index contributed by atoms with van der Waals surface area (Å²) in [6, 6.07) is 0.416. The van der Waals surface area contributed by atoms with Gasteiger partial charge in [-0.05, 0) is 85.2 Å². The highest BCUT2D eigenvalue weighted by atomic mass is 16.3. The lowest BCUT2D eigenvalue weighted by molar-refractivity contribution is -0.0586. The smallest absolute Gasteiger partial charge is 0.111 e. The van der Waals surface area contributed by atoms with E-state index < -0.39 is 0 Å². The Kier molecular flexibility index (Phi) is 2.89. The van der Waals surface area contributed by atoms with E-state index in [-0.39, 0.29) is 5.41 Å². The molecule has 1 unspecified atom stereocenters. The van der Waals surface area contributed by atoms with Gasteiger partial charge in [-0.25, -0.2) is 0 Å². The van der Waals surface area contributed by atoms with Crippen LogP contribution in [0.1, 0.15) is 52.4 Å². The lowest BCUT2D eigenvalue weighted by atomic mass is 9.47. The lowest BCUT2D eigenvalue weighted by Crippen LogP contribution is -2.53. The molecule has 4 aliphatic carbocycles. The van der Waals surface area contributed by atoms with Gasteiger partial charge in [0.1, 0.15) is 5.76 Å². The van der Waals surface area contributed by atoms with E-state index in [0.717, 1.165) is 17.8 Å². The summed E-state index contributed by atoms with van der Waals surface area (Å²) < 4.78 is 0. The third-order valence-corrected chi connectivity index (χ3v) is 7.90. The number of hydrogen-bond acceptors (Lipinski definition) is 2. The van der Waals surface area contributed by atoms with Crippen LogP contribution in [-0.2, 0) is 0 Å². The van der Waals surface area contributed by atoms with Gasteiger partial charge in [0.05, 0.1) is 0 Å². The molecule has 0 saturated heterocycles. The van der Waals surface area contributed by atoms with E-state index in [2.05, 4.69) is 26.0 Å². The maximum atomic E-state index is 9.84. The minimum atomic E-state index is 0.253. The molecule has 0 radical (unpaired) electrons. The molecule has 0 amide bonds. The van der Waals surface area contributed by atoms with Crippen molar-refractivity contribution >= 4 is 0 Å². The van der Waals surface area contributed by atoms with Gasteiger partial charge in [-0.15, -0.1) is 0 Å². The van der Waals surface area contributed by atoms with Crippen LogP contribution in [0, 0.1) is 34.5 Å². The molecule has 0 aromatic rings. The molecule has 0 spiro atoms. The summed E-state index contributed by atoms with van der Waals surface area (Å²) >= 11 is 0. The van der Waals surface area contributed by atoms with Gasteiger partial charge in [-0.3, -0.25) is 0 Å². The number of hydrogen-bond donors (Lipinski definition) is 2. The summed E-state index contributed by atoms with van der Waals surface area (Å²) in [6.45, 7) is 4.90.